The van der Waals surface area contributed by atoms with Crippen LogP contribution in [-0.2, 0) is 28.6 Å². The van der Waals surface area contributed by atoms with E-state index >= 15 is 0 Å². The van der Waals surface area contributed by atoms with Gasteiger partial charge in [0.2, 0.25) is 0 Å². The van der Waals surface area contributed by atoms with Crippen LogP contribution in [0.3, 0.4) is 0 Å². The molecule has 6 heteroatoms. The maximum Gasteiger partial charge on any atom is 0.306 e. The number of allylic oxidation sites excluding steroid dienone is 14. The Morgan fingerprint density at radius 2 is 0.470 bits per heavy atom. The Balaban J connectivity index is 4.36. The first-order valence-electron chi connectivity index (χ1n) is 36.1. The second-order valence-corrected chi connectivity index (χ2v) is 24.1. The topological polar surface area (TPSA) is 78.9 Å². The molecule has 0 aliphatic rings. The number of hydrogen-bond acceptors (Lipinski definition) is 6. The van der Waals surface area contributed by atoms with Gasteiger partial charge in [0.15, 0.2) is 6.10 Å². The van der Waals surface area contributed by atoms with Crippen molar-refractivity contribution in [1.82, 2.24) is 0 Å². The number of carbonyl (C=O) groups excluding carboxylic acids is 3. The smallest absolute Gasteiger partial charge is 0.306 e. The molecule has 0 aliphatic heterocycles. The van der Waals surface area contributed by atoms with Gasteiger partial charge in [-0.1, -0.05) is 337 Å². The Kier molecular flexibility index (Phi) is 68.2. The van der Waals surface area contributed by atoms with Crippen LogP contribution in [0.1, 0.15) is 367 Å². The highest BCUT2D eigenvalue weighted by molar-refractivity contribution is 5.71. The molecule has 0 aromatic heterocycles. The first-order valence-corrected chi connectivity index (χ1v) is 36.1. The van der Waals surface area contributed by atoms with E-state index in [-0.39, 0.29) is 31.1 Å². The zero-order valence-corrected chi connectivity index (χ0v) is 55.2. The van der Waals surface area contributed by atoms with Crippen molar-refractivity contribution in [2.45, 2.75) is 374 Å². The fourth-order valence-corrected chi connectivity index (χ4v) is 10.5. The highest BCUT2D eigenvalue weighted by Crippen LogP contribution is 2.18. The van der Waals surface area contributed by atoms with E-state index in [4.69, 9.17) is 14.2 Å². The zero-order chi connectivity index (χ0) is 59.9. The summed E-state index contributed by atoms with van der Waals surface area (Å²) < 4.78 is 17.0. The highest BCUT2D eigenvalue weighted by atomic mass is 16.6. The summed E-state index contributed by atoms with van der Waals surface area (Å²) in [5.74, 6) is -0.867. The van der Waals surface area contributed by atoms with E-state index in [1.165, 1.54) is 225 Å². The van der Waals surface area contributed by atoms with E-state index < -0.39 is 6.10 Å². The summed E-state index contributed by atoms with van der Waals surface area (Å²) in [5, 5.41) is 0. The Morgan fingerprint density at radius 1 is 0.253 bits per heavy atom. The molecule has 0 saturated carbocycles. The van der Waals surface area contributed by atoms with E-state index in [2.05, 4.69) is 106 Å². The first kappa shape index (κ1) is 79.6. The molecule has 480 valence electrons. The minimum absolute atomic E-state index is 0.0774. The lowest BCUT2D eigenvalue weighted by atomic mass is 10.0. The van der Waals surface area contributed by atoms with Gasteiger partial charge in [-0.05, 0) is 96.3 Å². The Bertz CT molecular complexity index is 1570. The lowest BCUT2D eigenvalue weighted by Gasteiger charge is -2.18. The maximum atomic E-state index is 13.0. The standard InChI is InChI=1S/C77H136O6/c1-4-7-10-13-16-19-22-25-28-31-34-36-37-38-39-40-41-42-44-46-49-52-55-58-61-64-67-70-76(79)82-73-74(72-81-75(78)69-66-63-60-57-54-51-48-45-33-30-27-24-21-18-15-12-9-6-3)83-77(80)71-68-65-62-59-56-53-50-47-43-35-32-29-26-23-20-17-14-11-8-5-2/h7,10,16,19,25,28,30,33-34,36,38-39,41-42,74H,4-6,8-9,11-15,17-18,20-24,26-27,29,31-32,35,37,40,43-73H2,1-3H3/b10-7-,19-16-,28-25-,33-30-,36-34-,39-38-,42-41-. The van der Waals surface area contributed by atoms with E-state index in [1.807, 2.05) is 0 Å². The summed E-state index contributed by atoms with van der Waals surface area (Å²) in [4.78, 5) is 38.5. The molecule has 0 aliphatic carbocycles. The molecule has 0 rings (SSSR count). The fourth-order valence-electron chi connectivity index (χ4n) is 10.5. The third-order valence-corrected chi connectivity index (χ3v) is 15.9. The molecule has 83 heavy (non-hydrogen) atoms. The third-order valence-electron chi connectivity index (χ3n) is 15.9. The second-order valence-electron chi connectivity index (χ2n) is 24.1. The van der Waals surface area contributed by atoms with Gasteiger partial charge in [0, 0.05) is 19.3 Å². The van der Waals surface area contributed by atoms with Gasteiger partial charge in [-0.25, -0.2) is 0 Å². The van der Waals surface area contributed by atoms with E-state index in [1.54, 1.807) is 0 Å². The Hall–Kier alpha value is -3.41. The van der Waals surface area contributed by atoms with Crippen LogP contribution in [0.15, 0.2) is 85.1 Å². The van der Waals surface area contributed by atoms with Crippen LogP contribution in [0.5, 0.6) is 0 Å². The van der Waals surface area contributed by atoms with Crippen LogP contribution >= 0.6 is 0 Å². The van der Waals surface area contributed by atoms with E-state index in [0.29, 0.717) is 19.3 Å². The molecule has 6 nitrogen and oxygen atoms in total. The molecule has 0 radical (unpaired) electrons. The summed E-state index contributed by atoms with van der Waals surface area (Å²) in [5.41, 5.74) is 0. The van der Waals surface area contributed by atoms with Gasteiger partial charge < -0.3 is 14.2 Å². The number of rotatable bonds is 66. The summed E-state index contributed by atoms with van der Waals surface area (Å²) >= 11 is 0. The van der Waals surface area contributed by atoms with Crippen molar-refractivity contribution in [1.29, 1.82) is 0 Å². The monoisotopic (exact) mass is 1160 g/mol. The van der Waals surface area contributed by atoms with Gasteiger partial charge in [-0.3, -0.25) is 14.4 Å². The van der Waals surface area contributed by atoms with Gasteiger partial charge in [0.1, 0.15) is 13.2 Å². The predicted molar refractivity (Wildman–Crippen MR) is 362 cm³/mol. The molecule has 0 spiro atoms. The predicted octanol–water partition coefficient (Wildman–Crippen LogP) is 25.0. The molecule has 0 N–H and O–H groups in total. The van der Waals surface area contributed by atoms with Gasteiger partial charge in [0.05, 0.1) is 0 Å². The van der Waals surface area contributed by atoms with Crippen molar-refractivity contribution in [2.75, 3.05) is 13.2 Å². The molecule has 1 atom stereocenters. The van der Waals surface area contributed by atoms with E-state index in [0.717, 1.165) is 103 Å². The van der Waals surface area contributed by atoms with Crippen LogP contribution in [0.25, 0.3) is 0 Å². The molecule has 0 aromatic carbocycles. The number of carbonyl (C=O) groups is 3. The van der Waals surface area contributed by atoms with Gasteiger partial charge >= 0.3 is 17.9 Å². The first-order chi connectivity index (χ1) is 41.0. The largest absolute Gasteiger partial charge is 0.462 e. The third kappa shape index (κ3) is 69.3. The fraction of sp³-hybridized carbons (Fsp3) is 0.779. The van der Waals surface area contributed by atoms with Crippen molar-refractivity contribution in [3.05, 3.63) is 85.1 Å². The second kappa shape index (κ2) is 71.1. The quantitative estimate of drug-likeness (QED) is 0.0261. The van der Waals surface area contributed by atoms with E-state index in [9.17, 15) is 14.4 Å². The van der Waals surface area contributed by atoms with Crippen LogP contribution in [0.2, 0.25) is 0 Å². The highest BCUT2D eigenvalue weighted by Gasteiger charge is 2.19. The zero-order valence-electron chi connectivity index (χ0n) is 55.2. The molecular weight excluding hydrogens is 1020 g/mol. The minimum atomic E-state index is -0.782. The molecule has 1 unspecified atom stereocenters. The number of esters is 3. The van der Waals surface area contributed by atoms with Crippen LogP contribution in [0, 0.1) is 0 Å². The average Bonchev–Trinajstić information content (AvgIpc) is 3.49. The van der Waals surface area contributed by atoms with Crippen LogP contribution in [-0.4, -0.2) is 37.2 Å². The van der Waals surface area contributed by atoms with Gasteiger partial charge in [-0.15, -0.1) is 0 Å². The molecule has 0 amide bonds. The number of hydrogen-bond donors (Lipinski definition) is 0. The average molecular weight is 1160 g/mol. The lowest BCUT2D eigenvalue weighted by molar-refractivity contribution is -0.167. The summed E-state index contributed by atoms with van der Waals surface area (Å²) in [6, 6.07) is 0. The normalized spacial score (nSPS) is 12.6. The summed E-state index contributed by atoms with van der Waals surface area (Å²) in [7, 11) is 0. The number of ether oxygens (including phenoxy) is 3. The minimum Gasteiger partial charge on any atom is -0.462 e. The molecule has 0 bridgehead atoms. The Labute approximate surface area is 515 Å². The van der Waals surface area contributed by atoms with Crippen LogP contribution in [0.4, 0.5) is 0 Å². The number of unbranched alkanes of at least 4 members (excludes halogenated alkanes) is 41. The van der Waals surface area contributed by atoms with Gasteiger partial charge in [-0.2, -0.15) is 0 Å². The molecule has 0 aromatic rings. The van der Waals surface area contributed by atoms with Crippen molar-refractivity contribution in [3.8, 4) is 0 Å². The van der Waals surface area contributed by atoms with Gasteiger partial charge in [0.25, 0.3) is 0 Å². The SMILES string of the molecule is CC/C=C\C/C=C\C/C=C\C/C=C\C/C=C\C/C=C\CCCCCCCCCCC(=O)OCC(COC(=O)CCCCCCCCC/C=C\CCCCCCCCC)OC(=O)CCCCCCCCCCCCCCCCCCCCCC. The summed E-state index contributed by atoms with van der Waals surface area (Å²) in [6.45, 7) is 6.57. The Morgan fingerprint density at radius 3 is 0.747 bits per heavy atom. The maximum absolute atomic E-state index is 13.0. The molecule has 0 heterocycles. The van der Waals surface area contributed by atoms with Crippen LogP contribution < -0.4 is 0 Å². The van der Waals surface area contributed by atoms with Crippen molar-refractivity contribution in [3.63, 3.8) is 0 Å². The van der Waals surface area contributed by atoms with Crippen molar-refractivity contribution < 1.29 is 28.6 Å². The molecule has 0 fully saturated rings. The molecular formula is C77H136O6. The summed E-state index contributed by atoms with van der Waals surface area (Å²) in [6.07, 6.45) is 94.6. The van der Waals surface area contributed by atoms with Crippen molar-refractivity contribution in [2.24, 2.45) is 0 Å². The lowest BCUT2D eigenvalue weighted by Crippen LogP contribution is -2.30. The molecule has 0 saturated heterocycles. The van der Waals surface area contributed by atoms with Crippen molar-refractivity contribution >= 4 is 17.9 Å².